The molecule has 1 aromatic heterocycles. The molecule has 0 aliphatic carbocycles. The number of esters is 1. The highest BCUT2D eigenvalue weighted by molar-refractivity contribution is 7.11. The van der Waals surface area contributed by atoms with Crippen LogP contribution in [0.25, 0.3) is 0 Å². The predicted octanol–water partition coefficient (Wildman–Crippen LogP) is -1.94. The first-order valence-corrected chi connectivity index (χ1v) is 8.76. The van der Waals surface area contributed by atoms with E-state index in [9.17, 15) is 24.6 Å². The second-order valence-electron chi connectivity index (χ2n) is 5.83. The van der Waals surface area contributed by atoms with Gasteiger partial charge in [0.15, 0.2) is 6.04 Å². The van der Waals surface area contributed by atoms with Crippen LogP contribution in [0, 0.1) is 0 Å². The Kier molecular flexibility index (Phi) is 8.49. The molecular weight excluding hydrogens is 380 g/mol. The smallest absolute Gasteiger partial charge is 0.331 e. The summed E-state index contributed by atoms with van der Waals surface area (Å²) in [5, 5.41) is 32.1. The molecule has 0 saturated heterocycles. The quantitative estimate of drug-likeness (QED) is 0.253. The van der Waals surface area contributed by atoms with Gasteiger partial charge >= 0.3 is 12.0 Å². The lowest BCUT2D eigenvalue weighted by atomic mass is 10.2. The summed E-state index contributed by atoms with van der Waals surface area (Å²) in [5.74, 6) is -1.55. The van der Waals surface area contributed by atoms with Crippen molar-refractivity contribution in [2.45, 2.75) is 50.6 Å². The molecule has 0 aliphatic rings. The van der Waals surface area contributed by atoms with Crippen molar-refractivity contribution in [2.24, 2.45) is 11.5 Å². The third-order valence-corrected chi connectivity index (χ3v) is 4.63. The molecule has 27 heavy (non-hydrogen) atoms. The van der Waals surface area contributed by atoms with Crippen LogP contribution < -0.4 is 22.1 Å². The van der Waals surface area contributed by atoms with E-state index in [0.29, 0.717) is 5.01 Å². The number of nitrogens with zero attached hydrogens (tertiary/aromatic N) is 2. The third kappa shape index (κ3) is 6.71. The van der Waals surface area contributed by atoms with Gasteiger partial charge in [0, 0.05) is 0 Å². The standard InChI is InChI=1S/C14H24N6O6S/c1-5(21)9(16)12-20-19-11(27-12)7(4-8(15)23)17-14(25)18-10(6(2)22)13(24)26-3/h5-7,9-10,21-22H,4,16H2,1-3H3,(H2,15,23)(H2,17,18,25)/t5?,6?,7-,9-,10-/m0/s1. The second-order valence-corrected chi connectivity index (χ2v) is 6.87. The number of rotatable bonds is 9. The van der Waals surface area contributed by atoms with Gasteiger partial charge in [-0.2, -0.15) is 0 Å². The summed E-state index contributed by atoms with van der Waals surface area (Å²) in [6.07, 6.45) is -2.37. The van der Waals surface area contributed by atoms with Crippen LogP contribution in [-0.4, -0.2) is 63.7 Å². The van der Waals surface area contributed by atoms with Crippen LogP contribution in [0.4, 0.5) is 4.79 Å². The third-order valence-electron chi connectivity index (χ3n) is 3.49. The van der Waals surface area contributed by atoms with Gasteiger partial charge in [0.25, 0.3) is 0 Å². The molecule has 0 aliphatic heterocycles. The molecule has 1 aromatic rings. The van der Waals surface area contributed by atoms with Crippen molar-refractivity contribution in [1.29, 1.82) is 0 Å². The van der Waals surface area contributed by atoms with E-state index < -0.39 is 48.2 Å². The number of aliphatic hydroxyl groups is 2. The summed E-state index contributed by atoms with van der Waals surface area (Å²) in [6, 6.07) is -3.88. The highest BCUT2D eigenvalue weighted by Crippen LogP contribution is 2.25. The van der Waals surface area contributed by atoms with Crippen molar-refractivity contribution < 1.29 is 29.3 Å². The number of carbonyl (C=O) groups is 3. The molecule has 152 valence electrons. The normalized spacial score (nSPS) is 16.5. The van der Waals surface area contributed by atoms with Crippen molar-refractivity contribution >= 4 is 29.2 Å². The fourth-order valence-electron chi connectivity index (χ4n) is 1.97. The number of aliphatic hydroxyl groups excluding tert-OH is 2. The largest absolute Gasteiger partial charge is 0.467 e. The number of amides is 3. The number of primary amides is 1. The summed E-state index contributed by atoms with van der Waals surface area (Å²) < 4.78 is 4.51. The van der Waals surface area contributed by atoms with Crippen LogP contribution in [0.2, 0.25) is 0 Å². The number of methoxy groups -OCH3 is 1. The summed E-state index contributed by atoms with van der Waals surface area (Å²) in [7, 11) is 1.11. The molecule has 0 spiro atoms. The van der Waals surface area contributed by atoms with Gasteiger partial charge < -0.3 is 37.1 Å². The average molecular weight is 404 g/mol. The number of hydrogen-bond acceptors (Lipinski definition) is 10. The van der Waals surface area contributed by atoms with Gasteiger partial charge in [-0.25, -0.2) is 9.59 Å². The first-order chi connectivity index (χ1) is 12.6. The maximum atomic E-state index is 12.2. The maximum Gasteiger partial charge on any atom is 0.331 e. The van der Waals surface area contributed by atoms with Crippen LogP contribution in [0.3, 0.4) is 0 Å². The number of carbonyl (C=O) groups excluding carboxylic acids is 3. The Labute approximate surface area is 159 Å². The van der Waals surface area contributed by atoms with E-state index in [4.69, 9.17) is 11.5 Å². The highest BCUT2D eigenvalue weighted by Gasteiger charge is 2.29. The van der Waals surface area contributed by atoms with E-state index in [1.165, 1.54) is 13.8 Å². The molecule has 1 heterocycles. The topological polar surface area (TPSA) is 203 Å². The van der Waals surface area contributed by atoms with E-state index >= 15 is 0 Å². The maximum absolute atomic E-state index is 12.2. The van der Waals surface area contributed by atoms with Gasteiger partial charge in [0.1, 0.15) is 10.0 Å². The molecule has 0 bridgehead atoms. The molecular formula is C14H24N6O6S. The average Bonchev–Trinajstić information content (AvgIpc) is 3.06. The Balaban J connectivity index is 2.93. The molecule has 0 saturated carbocycles. The molecule has 0 aromatic carbocycles. The lowest BCUT2D eigenvalue weighted by Gasteiger charge is -2.21. The highest BCUT2D eigenvalue weighted by atomic mass is 32.1. The fraction of sp³-hybridized carbons (Fsp3) is 0.643. The minimum absolute atomic E-state index is 0.238. The molecule has 3 amide bonds. The SMILES string of the molecule is COC(=O)[C@@H](NC(=O)N[C@@H](CC(N)=O)c1nnc([C@@H](N)C(C)O)s1)C(C)O. The first kappa shape index (κ1) is 22.7. The van der Waals surface area contributed by atoms with Crippen molar-refractivity contribution in [3.63, 3.8) is 0 Å². The Morgan fingerprint density at radius 1 is 1.15 bits per heavy atom. The van der Waals surface area contributed by atoms with E-state index in [1.54, 1.807) is 0 Å². The number of ether oxygens (including phenoxy) is 1. The van der Waals surface area contributed by atoms with Crippen LogP contribution in [0.5, 0.6) is 0 Å². The number of aromatic nitrogens is 2. The van der Waals surface area contributed by atoms with Crippen LogP contribution in [-0.2, 0) is 14.3 Å². The Hall–Kier alpha value is -2.35. The lowest BCUT2D eigenvalue weighted by Crippen LogP contribution is -2.52. The van der Waals surface area contributed by atoms with Gasteiger partial charge in [-0.1, -0.05) is 11.3 Å². The van der Waals surface area contributed by atoms with Gasteiger partial charge in [0.2, 0.25) is 5.91 Å². The molecule has 0 fully saturated rings. The summed E-state index contributed by atoms with van der Waals surface area (Å²) in [4.78, 5) is 35.1. The van der Waals surface area contributed by atoms with Gasteiger partial charge in [0.05, 0.1) is 37.8 Å². The zero-order valence-electron chi connectivity index (χ0n) is 15.1. The molecule has 0 radical (unpaired) electrons. The van der Waals surface area contributed by atoms with Crippen molar-refractivity contribution in [1.82, 2.24) is 20.8 Å². The number of nitrogens with one attached hydrogen (secondary N) is 2. The summed E-state index contributed by atoms with van der Waals surface area (Å²) >= 11 is 0.999. The number of hydrogen-bond donors (Lipinski definition) is 6. The zero-order chi connectivity index (χ0) is 20.7. The fourth-order valence-corrected chi connectivity index (χ4v) is 2.97. The van der Waals surface area contributed by atoms with Gasteiger partial charge in [-0.15, -0.1) is 10.2 Å². The molecule has 8 N–H and O–H groups in total. The monoisotopic (exact) mass is 404 g/mol. The minimum Gasteiger partial charge on any atom is -0.467 e. The minimum atomic E-state index is -1.31. The van der Waals surface area contributed by atoms with E-state index in [1.807, 2.05) is 0 Å². The van der Waals surface area contributed by atoms with Crippen molar-refractivity contribution in [3.8, 4) is 0 Å². The Morgan fingerprint density at radius 2 is 1.74 bits per heavy atom. The van der Waals surface area contributed by atoms with Gasteiger partial charge in [-0.3, -0.25) is 4.79 Å². The molecule has 2 unspecified atom stereocenters. The second kappa shape index (κ2) is 10.1. The lowest BCUT2D eigenvalue weighted by molar-refractivity contribution is -0.145. The van der Waals surface area contributed by atoms with Crippen LogP contribution in [0.15, 0.2) is 0 Å². The van der Waals surface area contributed by atoms with Crippen molar-refractivity contribution in [3.05, 3.63) is 10.0 Å². The number of urea groups is 1. The predicted molar refractivity (Wildman–Crippen MR) is 94.2 cm³/mol. The van der Waals surface area contributed by atoms with E-state index in [-0.39, 0.29) is 11.4 Å². The van der Waals surface area contributed by atoms with Crippen LogP contribution >= 0.6 is 11.3 Å². The summed E-state index contributed by atoms with van der Waals surface area (Å²) in [6.45, 7) is 2.79. The summed E-state index contributed by atoms with van der Waals surface area (Å²) in [5.41, 5.74) is 11.0. The molecule has 1 rings (SSSR count). The molecule has 5 atom stereocenters. The van der Waals surface area contributed by atoms with Crippen molar-refractivity contribution in [2.75, 3.05) is 7.11 Å². The van der Waals surface area contributed by atoms with E-state index in [2.05, 4.69) is 25.6 Å². The molecule has 12 nitrogen and oxygen atoms in total. The molecule has 13 heteroatoms. The van der Waals surface area contributed by atoms with E-state index in [0.717, 1.165) is 18.4 Å². The Morgan fingerprint density at radius 3 is 2.22 bits per heavy atom. The number of nitrogens with two attached hydrogens (primary N) is 2. The van der Waals surface area contributed by atoms with Gasteiger partial charge in [-0.05, 0) is 13.8 Å². The zero-order valence-corrected chi connectivity index (χ0v) is 15.9. The van der Waals surface area contributed by atoms with Crippen LogP contribution in [0.1, 0.15) is 42.4 Å². The first-order valence-electron chi connectivity index (χ1n) is 7.95. The Bertz CT molecular complexity index is 666.